The van der Waals surface area contributed by atoms with Gasteiger partial charge in [0.25, 0.3) is 0 Å². The number of rotatable bonds is 10. The molecule has 0 unspecified atom stereocenters. The van der Waals surface area contributed by atoms with Gasteiger partial charge in [0.05, 0.1) is 6.42 Å². The molecule has 0 bridgehead atoms. The molecule has 0 aliphatic carbocycles. The molecule has 2 aromatic rings. The minimum Gasteiger partial charge on any atom is -0.481 e. The number of aryl methyl sites for hydroxylation is 2. The smallest absolute Gasteiger partial charge is 0.304 e. The van der Waals surface area contributed by atoms with Gasteiger partial charge in [-0.1, -0.05) is 55.3 Å². The van der Waals surface area contributed by atoms with Crippen LogP contribution >= 0.6 is 0 Å². The summed E-state index contributed by atoms with van der Waals surface area (Å²) >= 11 is 0. The monoisotopic (exact) mass is 357 g/mol. The molecular weight excluding hydrogens is 329 g/mol. The lowest BCUT2D eigenvalue weighted by Gasteiger charge is -2.22. The van der Waals surface area contributed by atoms with E-state index in [-0.39, 0.29) is 12.2 Å². The first-order valence-electron chi connectivity index (χ1n) is 9.25. The van der Waals surface area contributed by atoms with Crippen LogP contribution in [0.5, 0.6) is 0 Å². The second-order valence-electron chi connectivity index (χ2n) is 6.87. The van der Waals surface area contributed by atoms with E-state index in [4.69, 9.17) is 5.11 Å². The van der Waals surface area contributed by atoms with Gasteiger partial charge in [-0.2, -0.15) is 0 Å². The Morgan fingerprint density at radius 3 is 2.62 bits per heavy atom. The maximum absolute atomic E-state index is 14.1. The summed E-state index contributed by atoms with van der Waals surface area (Å²) in [5.74, 6) is -1.08. The van der Waals surface area contributed by atoms with Crippen LogP contribution in [-0.4, -0.2) is 22.5 Å². The number of unbranched alkanes of at least 4 members (excludes halogenated alkanes) is 1. The summed E-state index contributed by atoms with van der Waals surface area (Å²) in [5.41, 5.74) is 4.04. The minimum absolute atomic E-state index is 0.0446. The van der Waals surface area contributed by atoms with Crippen molar-refractivity contribution in [1.82, 2.24) is 4.90 Å². The average Bonchev–Trinajstić information content (AvgIpc) is 2.61. The molecule has 0 saturated heterocycles. The summed E-state index contributed by atoms with van der Waals surface area (Å²) in [5, 5.41) is 9.03. The van der Waals surface area contributed by atoms with Crippen molar-refractivity contribution in [2.24, 2.45) is 0 Å². The first-order chi connectivity index (χ1) is 12.5. The Labute approximate surface area is 155 Å². The van der Waals surface area contributed by atoms with Gasteiger partial charge < -0.3 is 5.11 Å². The molecule has 2 aromatic carbocycles. The molecule has 140 valence electrons. The van der Waals surface area contributed by atoms with E-state index in [2.05, 4.69) is 25.1 Å². The van der Waals surface area contributed by atoms with Crippen LogP contribution in [0.3, 0.4) is 0 Å². The van der Waals surface area contributed by atoms with Crippen molar-refractivity contribution in [3.63, 3.8) is 0 Å². The van der Waals surface area contributed by atoms with Gasteiger partial charge in [0.1, 0.15) is 5.82 Å². The Balaban J connectivity index is 2.13. The Morgan fingerprint density at radius 1 is 1.12 bits per heavy atom. The van der Waals surface area contributed by atoms with Crippen LogP contribution in [0.2, 0.25) is 0 Å². The molecule has 1 N–H and O–H groups in total. The van der Waals surface area contributed by atoms with Gasteiger partial charge in [-0.25, -0.2) is 4.39 Å². The van der Waals surface area contributed by atoms with Crippen molar-refractivity contribution < 1.29 is 14.3 Å². The van der Waals surface area contributed by atoms with Crippen LogP contribution in [0.1, 0.15) is 48.4 Å². The fourth-order valence-corrected chi connectivity index (χ4v) is 3.06. The van der Waals surface area contributed by atoms with Crippen molar-refractivity contribution in [3.05, 3.63) is 70.5 Å². The molecule has 0 radical (unpaired) electrons. The van der Waals surface area contributed by atoms with Crippen LogP contribution in [0.4, 0.5) is 4.39 Å². The summed E-state index contributed by atoms with van der Waals surface area (Å²) in [6.45, 7) is 5.51. The Bertz CT molecular complexity index is 730. The maximum atomic E-state index is 14.1. The van der Waals surface area contributed by atoms with Crippen molar-refractivity contribution in [2.45, 2.75) is 52.6 Å². The topological polar surface area (TPSA) is 40.5 Å². The third-order valence-electron chi connectivity index (χ3n) is 4.45. The number of carboxylic acid groups (broad SMARTS) is 1. The van der Waals surface area contributed by atoms with Gasteiger partial charge in [-0.05, 0) is 37.0 Å². The van der Waals surface area contributed by atoms with Gasteiger partial charge in [-0.3, -0.25) is 9.69 Å². The molecule has 0 atom stereocenters. The second-order valence-corrected chi connectivity index (χ2v) is 6.87. The summed E-state index contributed by atoms with van der Waals surface area (Å²) in [6, 6.07) is 13.5. The minimum atomic E-state index is -0.837. The molecule has 2 rings (SSSR count). The predicted octanol–water partition coefficient (Wildman–Crippen LogP) is 4.95. The molecule has 0 aliphatic rings. The van der Waals surface area contributed by atoms with E-state index in [1.165, 1.54) is 11.6 Å². The lowest BCUT2D eigenvalue weighted by molar-refractivity contribution is -0.137. The fourth-order valence-electron chi connectivity index (χ4n) is 3.06. The molecule has 0 amide bonds. The normalized spacial score (nSPS) is 11.1. The van der Waals surface area contributed by atoms with Gasteiger partial charge in [0.2, 0.25) is 0 Å². The van der Waals surface area contributed by atoms with Gasteiger partial charge >= 0.3 is 5.97 Å². The molecule has 0 aromatic heterocycles. The zero-order valence-electron chi connectivity index (χ0n) is 15.7. The highest BCUT2D eigenvalue weighted by atomic mass is 19.1. The summed E-state index contributed by atoms with van der Waals surface area (Å²) in [6.07, 6.45) is 3.40. The maximum Gasteiger partial charge on any atom is 0.304 e. The lowest BCUT2D eigenvalue weighted by Crippen LogP contribution is -2.26. The molecular formula is C22H28FNO2. The van der Waals surface area contributed by atoms with Crippen LogP contribution < -0.4 is 0 Å². The zero-order valence-corrected chi connectivity index (χ0v) is 15.7. The number of hydrogen-bond donors (Lipinski definition) is 1. The predicted molar refractivity (Wildman–Crippen MR) is 103 cm³/mol. The summed E-state index contributed by atoms with van der Waals surface area (Å²) in [7, 11) is 0. The third-order valence-corrected chi connectivity index (χ3v) is 4.45. The highest BCUT2D eigenvalue weighted by Gasteiger charge is 2.12. The molecule has 0 spiro atoms. The molecule has 3 nitrogen and oxygen atoms in total. The SMILES string of the molecule is CCCCc1cccc(CN(CCC(=O)O)Cc2cc(C)ccc2F)c1. The average molecular weight is 357 g/mol. The molecule has 0 saturated carbocycles. The summed E-state index contributed by atoms with van der Waals surface area (Å²) < 4.78 is 14.1. The quantitative estimate of drug-likeness (QED) is 0.654. The van der Waals surface area contributed by atoms with Crippen molar-refractivity contribution >= 4 is 5.97 Å². The van der Waals surface area contributed by atoms with E-state index < -0.39 is 5.97 Å². The van der Waals surface area contributed by atoms with Crippen LogP contribution in [0.25, 0.3) is 0 Å². The van der Waals surface area contributed by atoms with E-state index in [9.17, 15) is 9.18 Å². The Kier molecular flexibility index (Phi) is 7.79. The number of aliphatic carboxylic acids is 1. The van der Waals surface area contributed by atoms with Gasteiger partial charge in [0, 0.05) is 25.2 Å². The van der Waals surface area contributed by atoms with Crippen LogP contribution in [-0.2, 0) is 24.3 Å². The van der Waals surface area contributed by atoms with Gasteiger partial charge in [0.15, 0.2) is 0 Å². The number of carboxylic acids is 1. The number of nitrogens with zero attached hydrogens (tertiary/aromatic N) is 1. The van der Waals surface area contributed by atoms with Crippen LogP contribution in [0, 0.1) is 12.7 Å². The van der Waals surface area contributed by atoms with E-state index >= 15 is 0 Å². The number of carbonyl (C=O) groups is 1. The van der Waals surface area contributed by atoms with Crippen molar-refractivity contribution in [3.8, 4) is 0 Å². The Hall–Kier alpha value is -2.20. The van der Waals surface area contributed by atoms with E-state index in [0.717, 1.165) is 30.4 Å². The molecule has 26 heavy (non-hydrogen) atoms. The molecule has 0 aliphatic heterocycles. The first kappa shape index (κ1) is 20.1. The first-order valence-corrected chi connectivity index (χ1v) is 9.25. The molecule has 4 heteroatoms. The highest BCUT2D eigenvalue weighted by Crippen LogP contribution is 2.17. The van der Waals surface area contributed by atoms with E-state index in [0.29, 0.717) is 25.2 Å². The van der Waals surface area contributed by atoms with Crippen molar-refractivity contribution in [2.75, 3.05) is 6.54 Å². The fraction of sp³-hybridized carbons (Fsp3) is 0.409. The largest absolute Gasteiger partial charge is 0.481 e. The number of halogens is 1. The molecule has 0 heterocycles. The summed E-state index contributed by atoms with van der Waals surface area (Å²) in [4.78, 5) is 13.0. The highest BCUT2D eigenvalue weighted by molar-refractivity contribution is 5.66. The third kappa shape index (κ3) is 6.60. The van der Waals surface area contributed by atoms with Crippen LogP contribution in [0.15, 0.2) is 42.5 Å². The number of hydrogen-bond acceptors (Lipinski definition) is 2. The zero-order chi connectivity index (χ0) is 18.9. The van der Waals surface area contributed by atoms with E-state index in [1.807, 2.05) is 24.0 Å². The van der Waals surface area contributed by atoms with Crippen molar-refractivity contribution in [1.29, 1.82) is 0 Å². The Morgan fingerprint density at radius 2 is 1.88 bits per heavy atom. The lowest BCUT2D eigenvalue weighted by atomic mass is 10.0. The van der Waals surface area contributed by atoms with E-state index in [1.54, 1.807) is 6.07 Å². The van der Waals surface area contributed by atoms with Gasteiger partial charge in [-0.15, -0.1) is 0 Å². The molecule has 0 fully saturated rings. The second kappa shape index (κ2) is 10.1. The number of benzene rings is 2. The standard InChI is InChI=1S/C22H28FNO2/c1-3-4-6-18-7-5-8-19(14-18)15-24(12-11-22(25)26)16-20-13-17(2)9-10-21(20)23/h5,7-10,13-14H,3-4,6,11-12,15-16H2,1-2H3,(H,25,26).